The zero-order chi connectivity index (χ0) is 16.4. The first kappa shape index (κ1) is 17.9. The number of nitrogens with two attached hydrogens (primary N) is 2. The molecule has 0 radical (unpaired) electrons. The van der Waals surface area contributed by atoms with E-state index < -0.39 is 55.2 Å². The fourth-order valence-electron chi connectivity index (χ4n) is 2.46. The predicted octanol–water partition coefficient (Wildman–Crippen LogP) is -4.17. The highest BCUT2D eigenvalue weighted by Crippen LogP contribution is 2.23. The molecule has 10 nitrogen and oxygen atoms in total. The summed E-state index contributed by atoms with van der Waals surface area (Å²) in [6.07, 6.45) is -8.12. The summed E-state index contributed by atoms with van der Waals surface area (Å²) in [5.41, 5.74) is 11.4. The molecule has 22 heavy (non-hydrogen) atoms. The second-order valence-corrected chi connectivity index (χ2v) is 5.52. The van der Waals surface area contributed by atoms with Crippen molar-refractivity contribution in [2.45, 2.75) is 55.2 Å². The quantitative estimate of drug-likeness (QED) is 0.298. The Balaban J connectivity index is 1.90. The number of methoxy groups -OCH3 is 1. The molecule has 130 valence electrons. The van der Waals surface area contributed by atoms with Gasteiger partial charge in [-0.3, -0.25) is 0 Å². The van der Waals surface area contributed by atoms with E-state index in [1.165, 1.54) is 7.11 Å². The van der Waals surface area contributed by atoms with Gasteiger partial charge in [-0.25, -0.2) is 0 Å². The number of aliphatic hydroxyl groups is 4. The summed E-state index contributed by atoms with van der Waals surface area (Å²) in [5, 5.41) is 39.1. The van der Waals surface area contributed by atoms with Crippen LogP contribution in [-0.4, -0.2) is 95.9 Å². The average molecular weight is 324 g/mol. The summed E-state index contributed by atoms with van der Waals surface area (Å²) in [6, 6.07) is -1.44. The molecule has 2 heterocycles. The maximum absolute atomic E-state index is 9.90. The minimum absolute atomic E-state index is 0.0790. The molecule has 9 atom stereocenters. The van der Waals surface area contributed by atoms with E-state index in [2.05, 4.69) is 0 Å². The normalized spacial score (nSPS) is 50.0. The largest absolute Gasteiger partial charge is 0.390 e. The van der Waals surface area contributed by atoms with Crippen LogP contribution in [0.1, 0.15) is 0 Å². The van der Waals surface area contributed by atoms with E-state index in [1.807, 2.05) is 0 Å². The smallest absolute Gasteiger partial charge is 0.186 e. The number of hydrogen-bond donors (Lipinski definition) is 6. The summed E-state index contributed by atoms with van der Waals surface area (Å²) in [7, 11) is 1.30. The average Bonchev–Trinajstić information content (AvgIpc) is 2.51. The van der Waals surface area contributed by atoms with E-state index in [0.717, 1.165) is 0 Å². The van der Waals surface area contributed by atoms with E-state index in [0.29, 0.717) is 0 Å². The molecule has 10 heteroatoms. The molecular weight excluding hydrogens is 300 g/mol. The maximum Gasteiger partial charge on any atom is 0.186 e. The van der Waals surface area contributed by atoms with Crippen molar-refractivity contribution in [3.8, 4) is 0 Å². The van der Waals surface area contributed by atoms with Crippen LogP contribution in [0, 0.1) is 0 Å². The number of rotatable bonds is 4. The van der Waals surface area contributed by atoms with Crippen LogP contribution in [0.5, 0.6) is 0 Å². The lowest BCUT2D eigenvalue weighted by atomic mass is 9.99. The Morgan fingerprint density at radius 2 is 1.68 bits per heavy atom. The lowest BCUT2D eigenvalue weighted by molar-refractivity contribution is -0.306. The van der Waals surface area contributed by atoms with Crippen LogP contribution in [-0.2, 0) is 18.9 Å². The third kappa shape index (κ3) is 3.57. The van der Waals surface area contributed by atoms with Gasteiger partial charge in [-0.05, 0) is 0 Å². The fraction of sp³-hybridized carbons (Fsp3) is 1.00. The van der Waals surface area contributed by atoms with Crippen LogP contribution in [0.2, 0.25) is 0 Å². The lowest BCUT2D eigenvalue weighted by Gasteiger charge is -2.41. The first-order valence-electron chi connectivity index (χ1n) is 7.01. The molecular formula is C12H24N2O8. The Hall–Kier alpha value is -0.400. The third-order valence-electron chi connectivity index (χ3n) is 3.93. The van der Waals surface area contributed by atoms with Crippen LogP contribution >= 0.6 is 0 Å². The molecule has 0 spiro atoms. The molecule has 2 saturated heterocycles. The van der Waals surface area contributed by atoms with Gasteiger partial charge in [-0.15, -0.1) is 0 Å². The number of hydrogen-bond acceptors (Lipinski definition) is 10. The summed E-state index contributed by atoms with van der Waals surface area (Å²) < 4.78 is 20.9. The van der Waals surface area contributed by atoms with Gasteiger partial charge in [0.25, 0.3) is 0 Å². The van der Waals surface area contributed by atoms with Gasteiger partial charge < -0.3 is 50.8 Å². The Bertz CT molecular complexity index is 360. The molecule has 0 aromatic carbocycles. The highest BCUT2D eigenvalue weighted by molar-refractivity contribution is 4.91. The third-order valence-corrected chi connectivity index (χ3v) is 3.93. The summed E-state index contributed by atoms with van der Waals surface area (Å²) >= 11 is 0. The van der Waals surface area contributed by atoms with Gasteiger partial charge in [0.15, 0.2) is 12.6 Å². The van der Waals surface area contributed by atoms with Gasteiger partial charge in [0, 0.05) is 7.11 Å². The molecule has 0 aromatic rings. The summed E-state index contributed by atoms with van der Waals surface area (Å²) in [5.74, 6) is 0. The molecule has 2 rings (SSSR count). The Labute approximate surface area is 127 Å². The first-order chi connectivity index (χ1) is 10.4. The molecule has 2 aliphatic rings. The second kappa shape index (κ2) is 7.45. The Morgan fingerprint density at radius 1 is 1.00 bits per heavy atom. The molecule has 0 aliphatic carbocycles. The van der Waals surface area contributed by atoms with E-state index in [1.54, 1.807) is 0 Å². The van der Waals surface area contributed by atoms with Gasteiger partial charge in [0.2, 0.25) is 0 Å². The number of aliphatic hydroxyl groups excluding tert-OH is 4. The van der Waals surface area contributed by atoms with Gasteiger partial charge in [0.05, 0.1) is 31.4 Å². The van der Waals surface area contributed by atoms with Crippen LogP contribution < -0.4 is 11.5 Å². The zero-order valence-electron chi connectivity index (χ0n) is 12.2. The minimum atomic E-state index is -1.44. The van der Waals surface area contributed by atoms with Crippen molar-refractivity contribution in [3.05, 3.63) is 0 Å². The molecule has 2 aliphatic heterocycles. The minimum Gasteiger partial charge on any atom is -0.390 e. The van der Waals surface area contributed by atoms with Crippen molar-refractivity contribution in [2.75, 3.05) is 20.3 Å². The van der Waals surface area contributed by atoms with Gasteiger partial charge in [0.1, 0.15) is 24.4 Å². The molecule has 0 amide bonds. The first-order valence-corrected chi connectivity index (χ1v) is 7.01. The standard InChI is InChI=1S/C12H24N2O8/c1-19-12-10(18)9(17)8(16)5(22-12)3-21-11-6(14)7(15)4(13)2-20-11/h4-12,15-18H,2-3,13-14H2,1H3/t4-,5-,6-,7+,8-,9+,10+,11+,12+/m1/s1. The molecule has 0 saturated carbocycles. The van der Waals surface area contributed by atoms with Crippen molar-refractivity contribution < 1.29 is 39.4 Å². The maximum atomic E-state index is 9.90. The van der Waals surface area contributed by atoms with Crippen molar-refractivity contribution in [3.63, 3.8) is 0 Å². The monoisotopic (exact) mass is 324 g/mol. The van der Waals surface area contributed by atoms with Crippen LogP contribution in [0.4, 0.5) is 0 Å². The number of ether oxygens (including phenoxy) is 4. The Kier molecular flexibility index (Phi) is 6.07. The van der Waals surface area contributed by atoms with Crippen molar-refractivity contribution >= 4 is 0 Å². The molecule has 0 bridgehead atoms. The summed E-state index contributed by atoms with van der Waals surface area (Å²) in [4.78, 5) is 0. The van der Waals surface area contributed by atoms with Crippen molar-refractivity contribution in [1.29, 1.82) is 0 Å². The molecule has 0 unspecified atom stereocenters. The molecule has 2 fully saturated rings. The summed E-state index contributed by atoms with van der Waals surface area (Å²) in [6.45, 7) is -0.0965. The topological polar surface area (TPSA) is 170 Å². The molecule has 8 N–H and O–H groups in total. The highest BCUT2D eigenvalue weighted by Gasteiger charge is 2.45. The lowest BCUT2D eigenvalue weighted by Crippen LogP contribution is -2.62. The van der Waals surface area contributed by atoms with E-state index in [9.17, 15) is 20.4 Å². The second-order valence-electron chi connectivity index (χ2n) is 5.52. The van der Waals surface area contributed by atoms with Gasteiger partial charge in [-0.2, -0.15) is 0 Å². The van der Waals surface area contributed by atoms with E-state index >= 15 is 0 Å². The SMILES string of the molecule is CO[C@H]1O[C@H](CO[C@@H]2OC[C@@H](N)[C@H](O)[C@H]2N)[C@@H](O)[C@H](O)[C@@H]1O. The van der Waals surface area contributed by atoms with Gasteiger partial charge in [-0.1, -0.05) is 0 Å². The van der Waals surface area contributed by atoms with Crippen molar-refractivity contribution in [1.82, 2.24) is 0 Å². The highest BCUT2D eigenvalue weighted by atomic mass is 16.7. The van der Waals surface area contributed by atoms with Gasteiger partial charge >= 0.3 is 0 Å². The van der Waals surface area contributed by atoms with Crippen LogP contribution in [0.3, 0.4) is 0 Å². The van der Waals surface area contributed by atoms with Crippen LogP contribution in [0.15, 0.2) is 0 Å². The zero-order valence-corrected chi connectivity index (χ0v) is 12.2. The van der Waals surface area contributed by atoms with E-state index in [-0.39, 0.29) is 13.2 Å². The van der Waals surface area contributed by atoms with Crippen LogP contribution in [0.25, 0.3) is 0 Å². The fourth-order valence-corrected chi connectivity index (χ4v) is 2.46. The van der Waals surface area contributed by atoms with E-state index in [4.69, 9.17) is 30.4 Å². The Morgan fingerprint density at radius 3 is 2.32 bits per heavy atom. The predicted molar refractivity (Wildman–Crippen MR) is 71.3 cm³/mol. The molecule has 0 aromatic heterocycles. The van der Waals surface area contributed by atoms with Crippen molar-refractivity contribution in [2.24, 2.45) is 11.5 Å².